The molecule has 94 valence electrons. The molecule has 2 heteroatoms. The lowest BCUT2D eigenvalue weighted by Gasteiger charge is -2.46. The van der Waals surface area contributed by atoms with Crippen LogP contribution in [-0.2, 0) is 13.0 Å². The van der Waals surface area contributed by atoms with Crippen LogP contribution in [0.15, 0.2) is 24.3 Å². The van der Waals surface area contributed by atoms with E-state index in [4.69, 9.17) is 0 Å². The van der Waals surface area contributed by atoms with Gasteiger partial charge in [0.15, 0.2) is 0 Å². The highest BCUT2D eigenvalue weighted by atomic mass is 16.3. The second-order valence-electron chi connectivity index (χ2n) is 5.29. The van der Waals surface area contributed by atoms with Crippen molar-refractivity contribution in [3.63, 3.8) is 0 Å². The Kier molecular flexibility index (Phi) is 3.85. The number of aliphatic hydroxyl groups is 1. The molecule has 0 spiro atoms. The molecule has 0 aliphatic carbocycles. The molecule has 0 saturated carbocycles. The average molecular weight is 233 g/mol. The lowest BCUT2D eigenvalue weighted by atomic mass is 9.89. The highest BCUT2D eigenvalue weighted by molar-refractivity contribution is 5.22. The van der Waals surface area contributed by atoms with Crippen molar-refractivity contribution >= 4 is 0 Å². The molecule has 0 amide bonds. The molecule has 1 fully saturated rings. The van der Waals surface area contributed by atoms with Crippen LogP contribution in [0.25, 0.3) is 0 Å². The third-order valence-electron chi connectivity index (χ3n) is 3.59. The number of β-amino-alcohol motifs (C(OH)–C–C–N with tert-alkyl or cyclic N) is 1. The zero-order chi connectivity index (χ0) is 12.3. The molecular formula is C15H23NO. The van der Waals surface area contributed by atoms with Crippen molar-refractivity contribution in [2.45, 2.75) is 45.3 Å². The van der Waals surface area contributed by atoms with Gasteiger partial charge in [0.25, 0.3) is 0 Å². The van der Waals surface area contributed by atoms with E-state index in [1.807, 2.05) is 0 Å². The van der Waals surface area contributed by atoms with Gasteiger partial charge >= 0.3 is 0 Å². The molecule has 17 heavy (non-hydrogen) atoms. The van der Waals surface area contributed by atoms with Gasteiger partial charge in [0.05, 0.1) is 5.60 Å². The van der Waals surface area contributed by atoms with Crippen molar-refractivity contribution in [3.05, 3.63) is 35.4 Å². The minimum atomic E-state index is -0.405. The zero-order valence-corrected chi connectivity index (χ0v) is 10.9. The minimum absolute atomic E-state index is 0.405. The van der Waals surface area contributed by atoms with Gasteiger partial charge in [0, 0.05) is 19.6 Å². The standard InChI is InChI=1S/C15H23NO/c1-3-9-15(17)11-16(12-15)10-14-7-5-13(4-2)6-8-14/h5-8,17H,3-4,9-12H2,1-2H3. The highest BCUT2D eigenvalue weighted by Crippen LogP contribution is 2.27. The van der Waals surface area contributed by atoms with Gasteiger partial charge in [-0.3, -0.25) is 4.90 Å². The summed E-state index contributed by atoms with van der Waals surface area (Å²) in [6.07, 6.45) is 3.09. The van der Waals surface area contributed by atoms with Crippen LogP contribution < -0.4 is 0 Å². The summed E-state index contributed by atoms with van der Waals surface area (Å²) in [6.45, 7) is 6.93. The Morgan fingerprint density at radius 1 is 1.12 bits per heavy atom. The maximum atomic E-state index is 10.1. The van der Waals surface area contributed by atoms with Gasteiger partial charge in [-0.15, -0.1) is 0 Å². The summed E-state index contributed by atoms with van der Waals surface area (Å²) in [5, 5.41) is 10.1. The van der Waals surface area contributed by atoms with E-state index >= 15 is 0 Å². The van der Waals surface area contributed by atoms with E-state index in [1.54, 1.807) is 0 Å². The first-order valence-electron chi connectivity index (χ1n) is 6.68. The molecule has 0 aromatic heterocycles. The van der Waals surface area contributed by atoms with Crippen molar-refractivity contribution < 1.29 is 5.11 Å². The fraction of sp³-hybridized carbons (Fsp3) is 0.600. The Hall–Kier alpha value is -0.860. The van der Waals surface area contributed by atoms with Crippen LogP contribution >= 0.6 is 0 Å². The van der Waals surface area contributed by atoms with Crippen LogP contribution in [0.3, 0.4) is 0 Å². The first kappa shape index (κ1) is 12.6. The average Bonchev–Trinajstić information content (AvgIpc) is 2.28. The first-order valence-corrected chi connectivity index (χ1v) is 6.68. The Labute approximate surface area is 104 Å². The van der Waals surface area contributed by atoms with Crippen molar-refractivity contribution in [2.75, 3.05) is 13.1 Å². The lowest BCUT2D eigenvalue weighted by Crippen LogP contribution is -2.60. The molecule has 0 bridgehead atoms. The van der Waals surface area contributed by atoms with Gasteiger partial charge in [-0.2, -0.15) is 0 Å². The summed E-state index contributed by atoms with van der Waals surface area (Å²) in [5.74, 6) is 0. The largest absolute Gasteiger partial charge is 0.387 e. The van der Waals surface area contributed by atoms with Gasteiger partial charge in [-0.05, 0) is 24.0 Å². The van der Waals surface area contributed by atoms with Gasteiger partial charge in [0.2, 0.25) is 0 Å². The summed E-state index contributed by atoms with van der Waals surface area (Å²) >= 11 is 0. The van der Waals surface area contributed by atoms with Crippen molar-refractivity contribution in [2.24, 2.45) is 0 Å². The number of hydrogen-bond acceptors (Lipinski definition) is 2. The van der Waals surface area contributed by atoms with Crippen LogP contribution in [0.1, 0.15) is 37.8 Å². The summed E-state index contributed by atoms with van der Waals surface area (Å²) in [5.41, 5.74) is 2.33. The van der Waals surface area contributed by atoms with Crippen LogP contribution in [0.5, 0.6) is 0 Å². The van der Waals surface area contributed by atoms with E-state index in [0.717, 1.165) is 38.9 Å². The zero-order valence-electron chi connectivity index (χ0n) is 10.9. The SMILES string of the molecule is CCCC1(O)CN(Cc2ccc(CC)cc2)C1. The normalized spacial score (nSPS) is 19.0. The van der Waals surface area contributed by atoms with Gasteiger partial charge in [0.1, 0.15) is 0 Å². The van der Waals surface area contributed by atoms with E-state index in [9.17, 15) is 5.11 Å². The number of likely N-dealkylation sites (tertiary alicyclic amines) is 1. The number of hydrogen-bond donors (Lipinski definition) is 1. The molecule has 1 aromatic rings. The van der Waals surface area contributed by atoms with Gasteiger partial charge in [-0.25, -0.2) is 0 Å². The highest BCUT2D eigenvalue weighted by Gasteiger charge is 2.39. The molecule has 0 unspecified atom stereocenters. The molecule has 0 radical (unpaired) electrons. The second kappa shape index (κ2) is 5.19. The van der Waals surface area contributed by atoms with Crippen molar-refractivity contribution in [1.82, 2.24) is 4.90 Å². The van der Waals surface area contributed by atoms with Crippen LogP contribution in [0, 0.1) is 0 Å². The third-order valence-corrected chi connectivity index (χ3v) is 3.59. The Bertz CT molecular complexity index is 352. The van der Waals surface area contributed by atoms with Crippen molar-refractivity contribution in [1.29, 1.82) is 0 Å². The maximum absolute atomic E-state index is 10.1. The summed E-state index contributed by atoms with van der Waals surface area (Å²) in [7, 11) is 0. The molecule has 2 nitrogen and oxygen atoms in total. The summed E-state index contributed by atoms with van der Waals surface area (Å²) < 4.78 is 0. The Morgan fingerprint density at radius 3 is 2.24 bits per heavy atom. The topological polar surface area (TPSA) is 23.5 Å². The molecule has 1 aliphatic rings. The third kappa shape index (κ3) is 3.08. The predicted octanol–water partition coefficient (Wildman–Crippen LogP) is 2.60. The number of aryl methyl sites for hydroxylation is 1. The van der Waals surface area contributed by atoms with E-state index < -0.39 is 5.60 Å². The minimum Gasteiger partial charge on any atom is -0.387 e. The van der Waals surface area contributed by atoms with Crippen molar-refractivity contribution in [3.8, 4) is 0 Å². The van der Waals surface area contributed by atoms with Crippen LogP contribution in [-0.4, -0.2) is 28.7 Å². The molecular weight excluding hydrogens is 210 g/mol. The Balaban J connectivity index is 1.83. The monoisotopic (exact) mass is 233 g/mol. The molecule has 1 saturated heterocycles. The lowest BCUT2D eigenvalue weighted by molar-refractivity contribution is -0.106. The van der Waals surface area contributed by atoms with E-state index in [2.05, 4.69) is 43.0 Å². The Morgan fingerprint density at radius 2 is 1.71 bits per heavy atom. The van der Waals surface area contributed by atoms with E-state index in [-0.39, 0.29) is 0 Å². The molecule has 1 heterocycles. The van der Waals surface area contributed by atoms with Crippen LogP contribution in [0.4, 0.5) is 0 Å². The molecule has 1 N–H and O–H groups in total. The molecule has 1 aliphatic heterocycles. The molecule has 2 rings (SSSR count). The second-order valence-corrected chi connectivity index (χ2v) is 5.29. The van der Waals surface area contributed by atoms with Gasteiger partial charge in [-0.1, -0.05) is 44.5 Å². The first-order chi connectivity index (χ1) is 8.15. The number of nitrogens with zero attached hydrogens (tertiary/aromatic N) is 1. The molecule has 1 aromatic carbocycles. The van der Waals surface area contributed by atoms with E-state index in [1.165, 1.54) is 11.1 Å². The fourth-order valence-corrected chi connectivity index (χ4v) is 2.66. The summed E-state index contributed by atoms with van der Waals surface area (Å²) in [4.78, 5) is 2.32. The summed E-state index contributed by atoms with van der Waals surface area (Å²) in [6, 6.07) is 8.81. The maximum Gasteiger partial charge on any atom is 0.0900 e. The predicted molar refractivity (Wildman–Crippen MR) is 71.0 cm³/mol. The van der Waals surface area contributed by atoms with E-state index in [0.29, 0.717) is 0 Å². The quantitative estimate of drug-likeness (QED) is 0.845. The number of benzene rings is 1. The molecule has 0 atom stereocenters. The van der Waals surface area contributed by atoms with Crippen LogP contribution in [0.2, 0.25) is 0 Å². The smallest absolute Gasteiger partial charge is 0.0900 e. The number of rotatable bonds is 5. The fourth-order valence-electron chi connectivity index (χ4n) is 2.66. The van der Waals surface area contributed by atoms with Gasteiger partial charge < -0.3 is 5.11 Å².